The van der Waals surface area contributed by atoms with Crippen LogP contribution >= 0.6 is 0 Å². The number of hydrogen-bond acceptors (Lipinski definition) is 1. The number of rotatable bonds is 2. The molecule has 2 nitrogen and oxygen atoms in total. The van der Waals surface area contributed by atoms with E-state index < -0.39 is 0 Å². The van der Waals surface area contributed by atoms with E-state index in [0.29, 0.717) is 12.1 Å². The number of hydrogen-bond donors (Lipinski definition) is 1. The van der Waals surface area contributed by atoms with Crippen molar-refractivity contribution in [1.82, 2.24) is 5.32 Å². The van der Waals surface area contributed by atoms with Gasteiger partial charge in [-0.15, -0.1) is 0 Å². The SMILES string of the molecule is CC(=NC(C)C)NC(C)C.[Ag]. The zero-order valence-corrected chi connectivity index (χ0v) is 9.39. The summed E-state index contributed by atoms with van der Waals surface area (Å²) in [7, 11) is 0. The van der Waals surface area contributed by atoms with Gasteiger partial charge in [0.15, 0.2) is 0 Å². The van der Waals surface area contributed by atoms with Crippen LogP contribution in [0.4, 0.5) is 0 Å². The summed E-state index contributed by atoms with van der Waals surface area (Å²) in [5.74, 6) is 1.03. The molecule has 0 unspecified atom stereocenters. The first kappa shape index (κ1) is 13.8. The Hall–Kier alpha value is 0.210. The molecule has 0 heterocycles. The van der Waals surface area contributed by atoms with Gasteiger partial charge in [0.1, 0.15) is 0 Å². The molecule has 0 fully saturated rings. The average molecular weight is 250 g/mol. The molecule has 0 spiro atoms. The molecule has 0 rings (SSSR count). The molecule has 3 heteroatoms. The molecule has 0 saturated carbocycles. The van der Waals surface area contributed by atoms with Crippen molar-refractivity contribution >= 4 is 5.84 Å². The summed E-state index contributed by atoms with van der Waals surface area (Å²) in [5.41, 5.74) is 0. The molecule has 1 radical (unpaired) electrons. The van der Waals surface area contributed by atoms with Crippen LogP contribution in [0, 0.1) is 0 Å². The first-order valence-corrected chi connectivity index (χ1v) is 3.83. The summed E-state index contributed by atoms with van der Waals surface area (Å²) >= 11 is 0. The predicted molar refractivity (Wildman–Crippen MR) is 46.5 cm³/mol. The third kappa shape index (κ3) is 10.2. The van der Waals surface area contributed by atoms with Crippen molar-refractivity contribution in [3.8, 4) is 0 Å². The third-order valence-corrected chi connectivity index (χ3v) is 0.949. The van der Waals surface area contributed by atoms with Crippen LogP contribution in [-0.4, -0.2) is 17.9 Å². The molecular formula is C8H18AgN2. The standard InChI is InChI=1S/C8H18N2.Ag/c1-6(2)9-8(5)10-7(3)4;/h6-7H,1-5H3,(H,9,10);. The van der Waals surface area contributed by atoms with Gasteiger partial charge in [0.05, 0.1) is 5.84 Å². The zero-order valence-electron chi connectivity index (χ0n) is 7.90. The fourth-order valence-corrected chi connectivity index (χ4v) is 0.842. The molecule has 71 valence electrons. The summed E-state index contributed by atoms with van der Waals surface area (Å²) in [4.78, 5) is 4.32. The van der Waals surface area contributed by atoms with Gasteiger partial charge in [0.2, 0.25) is 0 Å². The van der Waals surface area contributed by atoms with Crippen molar-refractivity contribution in [1.29, 1.82) is 0 Å². The van der Waals surface area contributed by atoms with Crippen LogP contribution in [0.15, 0.2) is 4.99 Å². The molecular weight excluding hydrogens is 232 g/mol. The Bertz CT molecular complexity index is 119. The van der Waals surface area contributed by atoms with E-state index >= 15 is 0 Å². The summed E-state index contributed by atoms with van der Waals surface area (Å²) in [6.45, 7) is 10.4. The van der Waals surface area contributed by atoms with Crippen LogP contribution < -0.4 is 5.32 Å². The van der Waals surface area contributed by atoms with Crippen molar-refractivity contribution < 1.29 is 22.4 Å². The second-order valence-corrected chi connectivity index (χ2v) is 3.11. The maximum atomic E-state index is 4.32. The van der Waals surface area contributed by atoms with Crippen LogP contribution in [0.2, 0.25) is 0 Å². The van der Waals surface area contributed by atoms with Gasteiger partial charge in [0.25, 0.3) is 0 Å². The monoisotopic (exact) mass is 249 g/mol. The second kappa shape index (κ2) is 6.89. The fraction of sp³-hybridized carbons (Fsp3) is 0.875. The Kier molecular flexibility index (Phi) is 8.63. The van der Waals surface area contributed by atoms with Crippen LogP contribution in [0.3, 0.4) is 0 Å². The number of nitrogens with zero attached hydrogens (tertiary/aromatic N) is 1. The number of nitrogens with one attached hydrogen (secondary N) is 1. The van der Waals surface area contributed by atoms with E-state index in [1.165, 1.54) is 0 Å². The Balaban J connectivity index is 0. The minimum absolute atomic E-state index is 0. The van der Waals surface area contributed by atoms with E-state index in [4.69, 9.17) is 0 Å². The van der Waals surface area contributed by atoms with E-state index in [0.717, 1.165) is 5.84 Å². The zero-order chi connectivity index (χ0) is 8.15. The van der Waals surface area contributed by atoms with E-state index in [9.17, 15) is 0 Å². The molecule has 0 aliphatic carbocycles. The summed E-state index contributed by atoms with van der Waals surface area (Å²) < 4.78 is 0. The van der Waals surface area contributed by atoms with Gasteiger partial charge in [-0.05, 0) is 34.6 Å². The first-order valence-electron chi connectivity index (χ1n) is 3.83. The Labute approximate surface area is 85.4 Å². The van der Waals surface area contributed by atoms with E-state index in [1.807, 2.05) is 6.92 Å². The van der Waals surface area contributed by atoms with E-state index in [2.05, 4.69) is 38.0 Å². The summed E-state index contributed by atoms with van der Waals surface area (Å²) in [6, 6.07) is 0.883. The Morgan fingerprint density at radius 1 is 1.18 bits per heavy atom. The minimum atomic E-state index is 0. The van der Waals surface area contributed by atoms with Crippen LogP contribution in [0.25, 0.3) is 0 Å². The fourth-order valence-electron chi connectivity index (χ4n) is 0.842. The van der Waals surface area contributed by atoms with Gasteiger partial charge >= 0.3 is 0 Å². The molecule has 0 aliphatic heterocycles. The molecule has 0 atom stereocenters. The normalized spacial score (nSPS) is 11.7. The molecule has 11 heavy (non-hydrogen) atoms. The smallest absolute Gasteiger partial charge is 0.0936 e. The van der Waals surface area contributed by atoms with Crippen molar-refractivity contribution in [2.24, 2.45) is 4.99 Å². The van der Waals surface area contributed by atoms with E-state index in [1.54, 1.807) is 0 Å². The average Bonchev–Trinajstić information content (AvgIpc) is 1.58. The Morgan fingerprint density at radius 2 is 1.64 bits per heavy atom. The number of aliphatic imine (C=N–C) groups is 1. The minimum Gasteiger partial charge on any atom is -0.372 e. The number of amidine groups is 1. The quantitative estimate of drug-likeness (QED) is 0.451. The van der Waals surface area contributed by atoms with Crippen LogP contribution in [0.5, 0.6) is 0 Å². The van der Waals surface area contributed by atoms with Crippen molar-refractivity contribution in [2.75, 3.05) is 0 Å². The van der Waals surface area contributed by atoms with Crippen LogP contribution in [-0.2, 0) is 22.4 Å². The Morgan fingerprint density at radius 3 is 1.91 bits per heavy atom. The van der Waals surface area contributed by atoms with Gasteiger partial charge in [-0.3, -0.25) is 4.99 Å². The van der Waals surface area contributed by atoms with Gasteiger partial charge in [0, 0.05) is 34.5 Å². The van der Waals surface area contributed by atoms with E-state index in [-0.39, 0.29) is 22.4 Å². The van der Waals surface area contributed by atoms with Gasteiger partial charge in [-0.25, -0.2) is 0 Å². The molecule has 0 aromatic rings. The maximum absolute atomic E-state index is 4.32. The molecule has 1 N–H and O–H groups in total. The largest absolute Gasteiger partial charge is 0.372 e. The third-order valence-electron chi connectivity index (χ3n) is 0.949. The van der Waals surface area contributed by atoms with Crippen LogP contribution in [0.1, 0.15) is 34.6 Å². The van der Waals surface area contributed by atoms with Crippen molar-refractivity contribution in [2.45, 2.75) is 46.7 Å². The topological polar surface area (TPSA) is 24.4 Å². The van der Waals surface area contributed by atoms with Crippen molar-refractivity contribution in [3.05, 3.63) is 0 Å². The maximum Gasteiger partial charge on any atom is 0.0936 e. The molecule has 0 aliphatic rings. The molecule has 0 aromatic heterocycles. The molecule has 0 aromatic carbocycles. The van der Waals surface area contributed by atoms with Crippen molar-refractivity contribution in [3.63, 3.8) is 0 Å². The molecule has 0 amide bonds. The summed E-state index contributed by atoms with van der Waals surface area (Å²) in [6.07, 6.45) is 0. The van der Waals surface area contributed by atoms with Gasteiger partial charge in [-0.2, -0.15) is 0 Å². The molecule has 0 bridgehead atoms. The first-order chi connectivity index (χ1) is 4.52. The molecule has 0 saturated heterocycles. The van der Waals surface area contributed by atoms with Gasteiger partial charge < -0.3 is 5.32 Å². The second-order valence-electron chi connectivity index (χ2n) is 3.11. The van der Waals surface area contributed by atoms with Gasteiger partial charge in [-0.1, -0.05) is 0 Å². The summed E-state index contributed by atoms with van der Waals surface area (Å²) in [5, 5.41) is 3.22. The predicted octanol–water partition coefficient (Wildman–Crippen LogP) is 1.81.